The third kappa shape index (κ3) is 4.91. The smallest absolute Gasteiger partial charge is 0.228 e. The van der Waals surface area contributed by atoms with E-state index < -0.39 is 0 Å². The van der Waals surface area contributed by atoms with E-state index in [1.807, 2.05) is 29.6 Å². The maximum atomic E-state index is 12.5. The molecule has 1 fully saturated rings. The van der Waals surface area contributed by atoms with Crippen LogP contribution in [0.15, 0.2) is 29.6 Å². The monoisotopic (exact) mass is 386 g/mol. The van der Waals surface area contributed by atoms with Crippen LogP contribution < -0.4 is 5.32 Å². The maximum Gasteiger partial charge on any atom is 0.228 e. The average Bonchev–Trinajstić information content (AvgIpc) is 3.10. The van der Waals surface area contributed by atoms with Gasteiger partial charge in [0.25, 0.3) is 0 Å². The Hall–Kier alpha value is -2.74. The second-order valence-corrected chi connectivity index (χ2v) is 7.32. The number of nitrogens with one attached hydrogen (secondary N) is 1. The van der Waals surface area contributed by atoms with Crippen LogP contribution in [0.4, 0.5) is 5.69 Å². The summed E-state index contributed by atoms with van der Waals surface area (Å²) < 4.78 is 0. The van der Waals surface area contributed by atoms with Crippen molar-refractivity contribution in [1.82, 2.24) is 14.8 Å². The molecule has 3 amide bonds. The highest BCUT2D eigenvalue weighted by atomic mass is 32.1. The minimum atomic E-state index is -0.109. The van der Waals surface area contributed by atoms with E-state index in [0.29, 0.717) is 26.2 Å². The van der Waals surface area contributed by atoms with E-state index in [1.165, 1.54) is 18.3 Å². The molecule has 1 saturated heterocycles. The number of aromatic nitrogens is 1. The van der Waals surface area contributed by atoms with Crippen molar-refractivity contribution in [2.75, 3.05) is 31.5 Å². The van der Waals surface area contributed by atoms with E-state index in [-0.39, 0.29) is 24.1 Å². The van der Waals surface area contributed by atoms with Crippen LogP contribution in [0, 0.1) is 0 Å². The van der Waals surface area contributed by atoms with Crippen LogP contribution in [0.2, 0.25) is 0 Å². The molecule has 2 heterocycles. The molecule has 0 bridgehead atoms. The summed E-state index contributed by atoms with van der Waals surface area (Å²) in [4.78, 5) is 43.1. The number of hydrogen-bond acceptors (Lipinski definition) is 5. The molecule has 142 valence electrons. The molecule has 0 spiro atoms. The Balaban J connectivity index is 1.58. The quantitative estimate of drug-likeness (QED) is 0.871. The molecule has 27 heavy (non-hydrogen) atoms. The van der Waals surface area contributed by atoms with Gasteiger partial charge in [0.05, 0.1) is 12.1 Å². The van der Waals surface area contributed by atoms with E-state index in [2.05, 4.69) is 10.3 Å². The Labute approximate surface area is 162 Å². The second-order valence-electron chi connectivity index (χ2n) is 6.47. The summed E-state index contributed by atoms with van der Waals surface area (Å²) in [6.07, 6.45) is 0.264. The normalized spacial score (nSPS) is 14.1. The molecule has 0 saturated carbocycles. The number of amides is 3. The van der Waals surface area contributed by atoms with E-state index in [1.54, 1.807) is 16.7 Å². The van der Waals surface area contributed by atoms with Gasteiger partial charge in [0, 0.05) is 56.7 Å². The van der Waals surface area contributed by atoms with E-state index in [9.17, 15) is 14.4 Å². The zero-order valence-corrected chi connectivity index (χ0v) is 16.2. The largest absolute Gasteiger partial charge is 0.339 e. The molecule has 7 nitrogen and oxygen atoms in total. The first-order chi connectivity index (χ1) is 12.9. The van der Waals surface area contributed by atoms with Gasteiger partial charge in [0.15, 0.2) is 0 Å². The van der Waals surface area contributed by atoms with Crippen molar-refractivity contribution in [2.24, 2.45) is 0 Å². The Morgan fingerprint density at radius 3 is 2.26 bits per heavy atom. The van der Waals surface area contributed by atoms with Gasteiger partial charge in [-0.2, -0.15) is 0 Å². The lowest BCUT2D eigenvalue weighted by Gasteiger charge is -2.34. The third-order valence-corrected chi connectivity index (χ3v) is 5.35. The van der Waals surface area contributed by atoms with Crippen LogP contribution in [0.5, 0.6) is 0 Å². The Morgan fingerprint density at radius 2 is 1.67 bits per heavy atom. The fourth-order valence-corrected chi connectivity index (χ4v) is 3.78. The van der Waals surface area contributed by atoms with Gasteiger partial charge in [-0.05, 0) is 24.3 Å². The van der Waals surface area contributed by atoms with Crippen LogP contribution in [-0.4, -0.2) is 58.7 Å². The molecule has 0 aliphatic carbocycles. The van der Waals surface area contributed by atoms with Gasteiger partial charge in [0.1, 0.15) is 5.01 Å². The van der Waals surface area contributed by atoms with Crippen molar-refractivity contribution in [1.29, 1.82) is 0 Å². The van der Waals surface area contributed by atoms with Crippen LogP contribution in [0.3, 0.4) is 0 Å². The lowest BCUT2D eigenvalue weighted by atomic mass is 10.2. The first kappa shape index (κ1) is 19.0. The molecule has 0 radical (unpaired) electrons. The summed E-state index contributed by atoms with van der Waals surface area (Å²) in [5.74, 6) is -0.0197. The predicted molar refractivity (Wildman–Crippen MR) is 104 cm³/mol. The topological polar surface area (TPSA) is 82.6 Å². The van der Waals surface area contributed by atoms with E-state index in [0.717, 1.165) is 22.0 Å². The molecule has 1 aromatic carbocycles. The highest BCUT2D eigenvalue weighted by Crippen LogP contribution is 2.25. The highest BCUT2D eigenvalue weighted by Gasteiger charge is 2.23. The number of benzene rings is 1. The second kappa shape index (κ2) is 8.30. The molecule has 1 N–H and O–H groups in total. The predicted octanol–water partition coefficient (Wildman–Crippen LogP) is 2.00. The summed E-state index contributed by atoms with van der Waals surface area (Å²) in [5.41, 5.74) is 2.44. The fraction of sp³-hybridized carbons (Fsp3) is 0.368. The van der Waals surface area contributed by atoms with Gasteiger partial charge in [-0.1, -0.05) is 0 Å². The number of carbonyl (C=O) groups excluding carboxylic acids is 3. The molecule has 1 aromatic heterocycles. The molecule has 2 aromatic rings. The molecule has 1 aliphatic heterocycles. The van der Waals surface area contributed by atoms with Crippen LogP contribution in [-0.2, 0) is 20.8 Å². The minimum Gasteiger partial charge on any atom is -0.339 e. The molecule has 1 aliphatic rings. The average molecular weight is 386 g/mol. The summed E-state index contributed by atoms with van der Waals surface area (Å²) >= 11 is 1.49. The summed E-state index contributed by atoms with van der Waals surface area (Å²) in [6, 6.07) is 7.46. The van der Waals surface area contributed by atoms with Gasteiger partial charge in [-0.3, -0.25) is 14.4 Å². The number of carbonyl (C=O) groups is 3. The van der Waals surface area contributed by atoms with E-state index in [4.69, 9.17) is 0 Å². The number of piperazine rings is 1. The zero-order valence-electron chi connectivity index (χ0n) is 15.4. The lowest BCUT2D eigenvalue weighted by Crippen LogP contribution is -2.50. The number of nitrogens with zero attached hydrogens (tertiary/aromatic N) is 3. The standard InChI is InChI=1S/C19H22N4O3S/c1-13(24)20-16-5-3-15(4-6-16)19-21-17(12-27-19)11-18(26)23-9-7-22(8-10-23)14(2)25/h3-6,12H,7-11H2,1-2H3,(H,20,24). The van der Waals surface area contributed by atoms with Crippen molar-refractivity contribution in [2.45, 2.75) is 20.3 Å². The van der Waals surface area contributed by atoms with Gasteiger partial charge in [0.2, 0.25) is 17.7 Å². The molecule has 0 atom stereocenters. The number of thiazole rings is 1. The molecular weight excluding hydrogens is 364 g/mol. The van der Waals surface area contributed by atoms with Gasteiger partial charge in [-0.15, -0.1) is 11.3 Å². The Kier molecular flexibility index (Phi) is 5.85. The van der Waals surface area contributed by atoms with Crippen molar-refractivity contribution >= 4 is 34.7 Å². The lowest BCUT2D eigenvalue weighted by molar-refractivity contribution is -0.138. The number of hydrogen-bond donors (Lipinski definition) is 1. The maximum absolute atomic E-state index is 12.5. The minimum absolute atomic E-state index is 0.0380. The Morgan fingerprint density at radius 1 is 1.04 bits per heavy atom. The first-order valence-corrected chi connectivity index (χ1v) is 9.66. The van der Waals surface area contributed by atoms with Crippen LogP contribution >= 0.6 is 11.3 Å². The zero-order chi connectivity index (χ0) is 19.4. The number of rotatable bonds is 4. The Bertz CT molecular complexity index is 839. The van der Waals surface area contributed by atoms with Crippen molar-refractivity contribution in [3.63, 3.8) is 0 Å². The summed E-state index contributed by atoms with van der Waals surface area (Å²) in [6.45, 7) is 5.34. The van der Waals surface area contributed by atoms with Gasteiger partial charge < -0.3 is 15.1 Å². The molecule has 8 heteroatoms. The van der Waals surface area contributed by atoms with Crippen LogP contribution in [0.25, 0.3) is 10.6 Å². The van der Waals surface area contributed by atoms with Gasteiger partial charge in [-0.25, -0.2) is 4.98 Å². The number of anilines is 1. The van der Waals surface area contributed by atoms with Crippen molar-refractivity contribution < 1.29 is 14.4 Å². The molecular formula is C19H22N4O3S. The third-order valence-electron chi connectivity index (χ3n) is 4.41. The first-order valence-electron chi connectivity index (χ1n) is 8.78. The summed E-state index contributed by atoms with van der Waals surface area (Å²) in [7, 11) is 0. The van der Waals surface area contributed by atoms with Crippen molar-refractivity contribution in [3.05, 3.63) is 35.3 Å². The van der Waals surface area contributed by atoms with Crippen LogP contribution in [0.1, 0.15) is 19.5 Å². The molecule has 3 rings (SSSR count). The summed E-state index contributed by atoms with van der Waals surface area (Å²) in [5, 5.41) is 5.48. The van der Waals surface area contributed by atoms with E-state index >= 15 is 0 Å². The van der Waals surface area contributed by atoms with Crippen molar-refractivity contribution in [3.8, 4) is 10.6 Å². The highest BCUT2D eigenvalue weighted by molar-refractivity contribution is 7.13. The molecule has 0 unspecified atom stereocenters. The van der Waals surface area contributed by atoms with Gasteiger partial charge >= 0.3 is 0 Å². The fourth-order valence-electron chi connectivity index (χ4n) is 2.96. The SMILES string of the molecule is CC(=O)Nc1ccc(-c2nc(CC(=O)N3CCN(C(C)=O)CC3)cs2)cc1.